The summed E-state index contributed by atoms with van der Waals surface area (Å²) >= 11 is 0. The third-order valence-electron chi connectivity index (χ3n) is 5.15. The molecule has 2 rings (SSSR count). The minimum Gasteiger partial charge on any atom is -0.382 e. The number of aryl methyl sites for hydroxylation is 1. The molecule has 1 heterocycles. The lowest BCUT2D eigenvalue weighted by atomic mass is 10.0. The highest BCUT2D eigenvalue weighted by Gasteiger charge is 2.24. The smallest absolute Gasteiger partial charge is 0.193 e. The predicted molar refractivity (Wildman–Crippen MR) is 128 cm³/mol. The summed E-state index contributed by atoms with van der Waals surface area (Å²) in [6, 6.07) is 9.04. The van der Waals surface area contributed by atoms with Gasteiger partial charge in [0.1, 0.15) is 0 Å². The number of likely N-dealkylation sites (tertiary alicyclic amines) is 1. The molecule has 1 N–H and O–H groups in total. The van der Waals surface area contributed by atoms with Crippen molar-refractivity contribution in [2.45, 2.75) is 39.0 Å². The van der Waals surface area contributed by atoms with Gasteiger partial charge in [0.15, 0.2) is 5.96 Å². The SMILES string of the molecule is CN=C(NCCCc1ccc(C(C)C)cc1)N1CCC(COCCOC)C1.I. The lowest BCUT2D eigenvalue weighted by Crippen LogP contribution is -2.40. The molecule has 1 aromatic rings. The molecule has 1 aliphatic heterocycles. The topological polar surface area (TPSA) is 46.1 Å². The van der Waals surface area contributed by atoms with Gasteiger partial charge in [-0.2, -0.15) is 0 Å². The van der Waals surface area contributed by atoms with Crippen molar-refractivity contribution >= 4 is 29.9 Å². The first-order valence-electron chi connectivity index (χ1n) is 10.2. The quantitative estimate of drug-likeness (QED) is 0.228. The molecule has 5 nitrogen and oxygen atoms in total. The Labute approximate surface area is 188 Å². The van der Waals surface area contributed by atoms with Crippen LogP contribution in [0.25, 0.3) is 0 Å². The monoisotopic (exact) mass is 503 g/mol. The van der Waals surface area contributed by atoms with E-state index in [9.17, 15) is 0 Å². The van der Waals surface area contributed by atoms with Crippen molar-refractivity contribution in [1.82, 2.24) is 10.2 Å². The summed E-state index contributed by atoms with van der Waals surface area (Å²) in [5, 5.41) is 3.52. The fourth-order valence-electron chi connectivity index (χ4n) is 3.45. The van der Waals surface area contributed by atoms with Gasteiger partial charge in [-0.05, 0) is 36.3 Å². The van der Waals surface area contributed by atoms with Gasteiger partial charge in [0.25, 0.3) is 0 Å². The van der Waals surface area contributed by atoms with Crippen LogP contribution in [-0.2, 0) is 15.9 Å². The van der Waals surface area contributed by atoms with Crippen molar-refractivity contribution in [3.05, 3.63) is 35.4 Å². The Bertz CT molecular complexity index is 563. The van der Waals surface area contributed by atoms with E-state index in [0.717, 1.165) is 51.5 Å². The van der Waals surface area contributed by atoms with Crippen molar-refractivity contribution in [1.29, 1.82) is 0 Å². The van der Waals surface area contributed by atoms with Gasteiger partial charge < -0.3 is 19.7 Å². The molecular weight excluding hydrogens is 465 g/mol. The van der Waals surface area contributed by atoms with Gasteiger partial charge in [-0.1, -0.05) is 38.1 Å². The second kappa shape index (κ2) is 14.2. The average Bonchev–Trinajstić information content (AvgIpc) is 3.14. The van der Waals surface area contributed by atoms with Gasteiger partial charge in [-0.3, -0.25) is 4.99 Å². The van der Waals surface area contributed by atoms with E-state index in [1.165, 1.54) is 11.1 Å². The molecule has 0 radical (unpaired) electrons. The molecule has 0 aliphatic carbocycles. The number of halogens is 1. The Morgan fingerprint density at radius 2 is 2.00 bits per heavy atom. The highest BCUT2D eigenvalue weighted by molar-refractivity contribution is 14.0. The summed E-state index contributed by atoms with van der Waals surface area (Å²) in [7, 11) is 3.58. The van der Waals surface area contributed by atoms with Gasteiger partial charge >= 0.3 is 0 Å². The zero-order valence-electron chi connectivity index (χ0n) is 17.9. The Hall–Kier alpha value is -0.860. The van der Waals surface area contributed by atoms with Gasteiger partial charge in [0.2, 0.25) is 0 Å². The molecule has 1 saturated heterocycles. The Morgan fingerprint density at radius 1 is 1.25 bits per heavy atom. The van der Waals surface area contributed by atoms with E-state index in [2.05, 4.69) is 53.3 Å². The first-order valence-corrected chi connectivity index (χ1v) is 10.2. The van der Waals surface area contributed by atoms with Crippen molar-refractivity contribution in [2.24, 2.45) is 10.9 Å². The second-order valence-electron chi connectivity index (χ2n) is 7.64. The van der Waals surface area contributed by atoms with Crippen molar-refractivity contribution in [2.75, 3.05) is 53.6 Å². The number of ether oxygens (including phenoxy) is 2. The largest absolute Gasteiger partial charge is 0.382 e. The molecule has 0 saturated carbocycles. The van der Waals surface area contributed by atoms with Crippen LogP contribution in [0.5, 0.6) is 0 Å². The number of benzene rings is 1. The van der Waals surface area contributed by atoms with Gasteiger partial charge in [0, 0.05) is 39.7 Å². The summed E-state index contributed by atoms with van der Waals surface area (Å²) in [4.78, 5) is 6.81. The molecule has 1 fully saturated rings. The molecular formula is C22H38IN3O2. The highest BCUT2D eigenvalue weighted by atomic mass is 127. The number of aliphatic imine (C=N–C) groups is 1. The van der Waals surface area contributed by atoms with E-state index in [1.807, 2.05) is 7.05 Å². The standard InChI is InChI=1S/C22H37N3O2.HI/c1-18(2)21-9-7-19(8-10-21)6-5-12-24-22(23-3)25-13-11-20(16-25)17-27-15-14-26-4;/h7-10,18,20H,5-6,11-17H2,1-4H3,(H,23,24);1H. The number of rotatable bonds is 10. The van der Waals surface area contributed by atoms with Crippen molar-refractivity contribution in [3.63, 3.8) is 0 Å². The van der Waals surface area contributed by atoms with E-state index in [0.29, 0.717) is 25.0 Å². The molecule has 1 unspecified atom stereocenters. The normalized spacial score (nSPS) is 17.1. The van der Waals surface area contributed by atoms with Crippen LogP contribution in [-0.4, -0.2) is 64.5 Å². The lowest BCUT2D eigenvalue weighted by Gasteiger charge is -2.21. The summed E-state index contributed by atoms with van der Waals surface area (Å²) in [6.45, 7) is 9.64. The Kier molecular flexibility index (Phi) is 12.7. The van der Waals surface area contributed by atoms with Crippen LogP contribution in [0.2, 0.25) is 0 Å². The summed E-state index contributed by atoms with van der Waals surface area (Å²) in [6.07, 6.45) is 3.37. The molecule has 28 heavy (non-hydrogen) atoms. The van der Waals surface area contributed by atoms with Crippen LogP contribution in [0.15, 0.2) is 29.3 Å². The minimum absolute atomic E-state index is 0. The van der Waals surface area contributed by atoms with Crippen LogP contribution in [0.4, 0.5) is 0 Å². The molecule has 0 aromatic heterocycles. The van der Waals surface area contributed by atoms with Crippen molar-refractivity contribution < 1.29 is 9.47 Å². The Balaban J connectivity index is 0.00000392. The molecule has 1 aliphatic rings. The van der Waals surface area contributed by atoms with E-state index >= 15 is 0 Å². The van der Waals surface area contributed by atoms with E-state index in [1.54, 1.807) is 7.11 Å². The van der Waals surface area contributed by atoms with E-state index in [4.69, 9.17) is 9.47 Å². The summed E-state index contributed by atoms with van der Waals surface area (Å²) in [5.74, 6) is 2.20. The average molecular weight is 503 g/mol. The molecule has 6 heteroatoms. The van der Waals surface area contributed by atoms with Gasteiger partial charge in [0.05, 0.1) is 19.8 Å². The number of hydrogen-bond acceptors (Lipinski definition) is 3. The summed E-state index contributed by atoms with van der Waals surface area (Å²) < 4.78 is 10.7. The molecule has 0 bridgehead atoms. The molecule has 0 spiro atoms. The van der Waals surface area contributed by atoms with Crippen LogP contribution >= 0.6 is 24.0 Å². The highest BCUT2D eigenvalue weighted by Crippen LogP contribution is 2.17. The first kappa shape index (κ1) is 25.2. The fourth-order valence-corrected chi connectivity index (χ4v) is 3.45. The molecule has 0 amide bonds. The zero-order valence-corrected chi connectivity index (χ0v) is 20.3. The van der Waals surface area contributed by atoms with Crippen LogP contribution in [0.1, 0.15) is 43.7 Å². The van der Waals surface area contributed by atoms with E-state index < -0.39 is 0 Å². The summed E-state index contributed by atoms with van der Waals surface area (Å²) in [5.41, 5.74) is 2.82. The third-order valence-corrected chi connectivity index (χ3v) is 5.15. The number of hydrogen-bond donors (Lipinski definition) is 1. The lowest BCUT2D eigenvalue weighted by molar-refractivity contribution is 0.0536. The molecule has 1 aromatic carbocycles. The molecule has 1 atom stereocenters. The van der Waals surface area contributed by atoms with Crippen LogP contribution in [0, 0.1) is 5.92 Å². The van der Waals surface area contributed by atoms with Crippen LogP contribution < -0.4 is 5.32 Å². The number of nitrogens with one attached hydrogen (secondary N) is 1. The van der Waals surface area contributed by atoms with Gasteiger partial charge in [-0.15, -0.1) is 24.0 Å². The maximum atomic E-state index is 5.68. The van der Waals surface area contributed by atoms with Gasteiger partial charge in [-0.25, -0.2) is 0 Å². The number of nitrogens with zero attached hydrogens (tertiary/aromatic N) is 2. The minimum atomic E-state index is 0. The fraction of sp³-hybridized carbons (Fsp3) is 0.682. The van der Waals surface area contributed by atoms with Crippen molar-refractivity contribution in [3.8, 4) is 0 Å². The Morgan fingerprint density at radius 3 is 2.64 bits per heavy atom. The third kappa shape index (κ3) is 8.66. The maximum absolute atomic E-state index is 5.68. The maximum Gasteiger partial charge on any atom is 0.193 e. The van der Waals surface area contributed by atoms with E-state index in [-0.39, 0.29) is 24.0 Å². The molecule has 160 valence electrons. The first-order chi connectivity index (χ1) is 13.1. The number of guanidine groups is 1. The predicted octanol–water partition coefficient (Wildman–Crippen LogP) is 3.92. The number of methoxy groups -OCH3 is 1. The second-order valence-corrected chi connectivity index (χ2v) is 7.64. The zero-order chi connectivity index (χ0) is 19.5. The van der Waals surface area contributed by atoms with Crippen LogP contribution in [0.3, 0.4) is 0 Å².